The number of fused-ring (bicyclic) bond motifs is 1. The molecule has 222 valence electrons. The van der Waals surface area contributed by atoms with Crippen LogP contribution in [0.15, 0.2) is 59.7 Å². The van der Waals surface area contributed by atoms with E-state index in [-0.39, 0.29) is 29.0 Å². The number of ketones is 1. The smallest absolute Gasteiger partial charge is 0.214 e. The van der Waals surface area contributed by atoms with Gasteiger partial charge in [0, 0.05) is 30.6 Å². The molecule has 0 unspecified atom stereocenters. The maximum atomic E-state index is 14.0. The monoisotopic (exact) mass is 602 g/mol. The fourth-order valence-corrected chi connectivity index (χ4v) is 6.29. The molecule has 10 nitrogen and oxygen atoms in total. The Bertz CT molecular complexity index is 1990. The zero-order chi connectivity index (χ0) is 30.3. The number of nitrogen functional groups attached to an aromatic ring is 1. The number of carbonyl (C=O) groups is 1. The number of carbonyl (C=O) groups excluding carboxylic acids is 1. The molecule has 1 aliphatic heterocycles. The number of nitrogens with one attached hydrogen (secondary N) is 1. The van der Waals surface area contributed by atoms with Crippen LogP contribution in [0.5, 0.6) is 11.5 Å². The molecule has 1 fully saturated rings. The summed E-state index contributed by atoms with van der Waals surface area (Å²) in [5.74, 6) is 0.0289. The van der Waals surface area contributed by atoms with Crippen molar-refractivity contribution < 1.29 is 22.3 Å². The number of nitrogens with two attached hydrogens (primary N) is 1. The van der Waals surface area contributed by atoms with Crippen molar-refractivity contribution in [3.63, 3.8) is 0 Å². The molecule has 2 aromatic carbocycles. The normalized spacial score (nSPS) is 16.9. The van der Waals surface area contributed by atoms with E-state index in [1.54, 1.807) is 42.5 Å². The first-order chi connectivity index (χ1) is 20.6. The number of aromatic amines is 1. The largest absolute Gasteiger partial charge is 0.454 e. The number of nitrogens with zero attached hydrogens (tertiary/aromatic N) is 4. The molecule has 2 aliphatic rings. The van der Waals surface area contributed by atoms with E-state index in [0.717, 1.165) is 21.8 Å². The van der Waals surface area contributed by atoms with Gasteiger partial charge in [-0.15, -0.1) is 0 Å². The molecule has 2 aromatic heterocycles. The molecule has 0 bridgehead atoms. The molecule has 4 aromatic rings. The Hall–Kier alpha value is -4.55. The van der Waals surface area contributed by atoms with E-state index < -0.39 is 15.8 Å². The quantitative estimate of drug-likeness (QED) is 0.312. The van der Waals surface area contributed by atoms with Crippen LogP contribution in [0.3, 0.4) is 0 Å². The highest BCUT2D eigenvalue weighted by molar-refractivity contribution is 7.88. The summed E-state index contributed by atoms with van der Waals surface area (Å²) in [6.07, 6.45) is 8.62. The third-order valence-corrected chi connectivity index (χ3v) is 9.02. The molecular weight excluding hydrogens is 571 g/mol. The van der Waals surface area contributed by atoms with E-state index in [0.29, 0.717) is 49.5 Å². The lowest BCUT2D eigenvalue weighted by Gasteiger charge is -2.28. The van der Waals surface area contributed by atoms with Gasteiger partial charge in [-0.05, 0) is 73.0 Å². The fraction of sp³-hybridized carbons (Fsp3) is 0.258. The third kappa shape index (κ3) is 5.88. The van der Waals surface area contributed by atoms with Crippen LogP contribution in [-0.2, 0) is 10.0 Å². The summed E-state index contributed by atoms with van der Waals surface area (Å²) in [6.45, 7) is 2.79. The number of H-pyrrole nitrogens is 1. The molecule has 1 aliphatic carbocycles. The van der Waals surface area contributed by atoms with Crippen molar-refractivity contribution in [3.05, 3.63) is 87.9 Å². The molecule has 3 heterocycles. The number of sulfonamides is 1. The summed E-state index contributed by atoms with van der Waals surface area (Å²) in [7, 11) is -3.18. The average Bonchev–Trinajstić information content (AvgIpc) is 3.57. The lowest BCUT2D eigenvalue weighted by atomic mass is 10.1. The van der Waals surface area contributed by atoms with Gasteiger partial charge >= 0.3 is 0 Å². The van der Waals surface area contributed by atoms with Gasteiger partial charge in [-0.2, -0.15) is 5.10 Å². The molecule has 3 N–H and O–H groups in total. The van der Waals surface area contributed by atoms with Gasteiger partial charge in [0.05, 0.1) is 35.4 Å². The van der Waals surface area contributed by atoms with Gasteiger partial charge in [0.25, 0.3) is 0 Å². The van der Waals surface area contributed by atoms with E-state index in [4.69, 9.17) is 15.5 Å². The van der Waals surface area contributed by atoms with E-state index in [1.807, 2.05) is 19.1 Å². The van der Waals surface area contributed by atoms with E-state index in [1.165, 1.54) is 27.5 Å². The maximum Gasteiger partial charge on any atom is 0.214 e. The topological polar surface area (TPSA) is 136 Å². The van der Waals surface area contributed by atoms with Crippen molar-refractivity contribution in [2.75, 3.05) is 25.1 Å². The second-order valence-electron chi connectivity index (χ2n) is 10.8. The lowest BCUT2D eigenvalue weighted by molar-refractivity contribution is 0.103. The van der Waals surface area contributed by atoms with Gasteiger partial charge in [-0.3, -0.25) is 9.79 Å². The van der Waals surface area contributed by atoms with Crippen LogP contribution in [-0.4, -0.2) is 64.4 Å². The predicted octanol–water partition coefficient (Wildman–Crippen LogP) is 3.08. The van der Waals surface area contributed by atoms with Crippen molar-refractivity contribution >= 4 is 39.5 Å². The van der Waals surface area contributed by atoms with Crippen LogP contribution in [0, 0.1) is 12.7 Å². The van der Waals surface area contributed by atoms with Crippen molar-refractivity contribution in [1.82, 2.24) is 19.1 Å². The van der Waals surface area contributed by atoms with Crippen LogP contribution in [0.2, 0.25) is 0 Å². The van der Waals surface area contributed by atoms with Gasteiger partial charge in [0.1, 0.15) is 11.6 Å². The van der Waals surface area contributed by atoms with Crippen LogP contribution < -0.4 is 21.0 Å². The third-order valence-electron chi connectivity index (χ3n) is 7.72. The summed E-state index contributed by atoms with van der Waals surface area (Å²) >= 11 is 0. The molecule has 6 rings (SSSR count). The van der Waals surface area contributed by atoms with Crippen LogP contribution in [0.25, 0.3) is 17.8 Å². The van der Waals surface area contributed by atoms with Crippen molar-refractivity contribution in [2.45, 2.75) is 32.2 Å². The molecule has 1 saturated heterocycles. The number of anilines is 1. The van der Waals surface area contributed by atoms with Crippen molar-refractivity contribution in [1.29, 1.82) is 0 Å². The lowest BCUT2D eigenvalue weighted by Crippen LogP contribution is -2.39. The number of aryl methyl sites for hydroxylation is 1. The van der Waals surface area contributed by atoms with Gasteiger partial charge in [0.2, 0.25) is 15.8 Å². The fourth-order valence-electron chi connectivity index (χ4n) is 5.42. The Kier molecular flexibility index (Phi) is 7.49. The molecule has 0 amide bonds. The Morgan fingerprint density at radius 3 is 2.65 bits per heavy atom. The highest BCUT2D eigenvalue weighted by Gasteiger charge is 2.25. The predicted molar refractivity (Wildman–Crippen MR) is 163 cm³/mol. The minimum atomic E-state index is -3.18. The highest BCUT2D eigenvalue weighted by Crippen LogP contribution is 2.29. The second-order valence-corrected chi connectivity index (χ2v) is 12.8. The second kappa shape index (κ2) is 11.3. The Morgan fingerprint density at radius 2 is 1.93 bits per heavy atom. The molecule has 12 heteroatoms. The zero-order valence-electron chi connectivity index (χ0n) is 23.7. The van der Waals surface area contributed by atoms with Crippen LogP contribution >= 0.6 is 0 Å². The first-order valence-corrected chi connectivity index (χ1v) is 15.8. The first-order valence-electron chi connectivity index (χ1n) is 13.9. The van der Waals surface area contributed by atoms with Crippen LogP contribution in [0.1, 0.15) is 40.9 Å². The summed E-state index contributed by atoms with van der Waals surface area (Å²) in [6, 6.07) is 13.2. The van der Waals surface area contributed by atoms with E-state index >= 15 is 0 Å². The molecular formula is C31H31FN6O4S. The Morgan fingerprint density at radius 1 is 1.16 bits per heavy atom. The molecule has 0 saturated carbocycles. The van der Waals surface area contributed by atoms with E-state index in [9.17, 15) is 17.6 Å². The number of hydrogen-bond acceptors (Lipinski definition) is 7. The number of hydrogen-bond donors (Lipinski definition) is 2. The number of rotatable bonds is 7. The average molecular weight is 603 g/mol. The van der Waals surface area contributed by atoms with Gasteiger partial charge in [0.15, 0.2) is 11.6 Å². The van der Waals surface area contributed by atoms with Crippen LogP contribution in [0.4, 0.5) is 10.2 Å². The number of para-hydroxylation sites is 1. The highest BCUT2D eigenvalue weighted by atomic mass is 32.2. The molecule has 0 radical (unpaired) electrons. The molecule has 0 atom stereocenters. The Balaban J connectivity index is 1.19. The van der Waals surface area contributed by atoms with Gasteiger partial charge < -0.3 is 15.5 Å². The van der Waals surface area contributed by atoms with Gasteiger partial charge in [-0.25, -0.2) is 21.8 Å². The van der Waals surface area contributed by atoms with Crippen molar-refractivity contribution in [3.8, 4) is 17.2 Å². The van der Waals surface area contributed by atoms with E-state index in [2.05, 4.69) is 10.1 Å². The number of benzene rings is 2. The Labute approximate surface area is 248 Å². The number of halogens is 1. The summed E-state index contributed by atoms with van der Waals surface area (Å²) in [4.78, 5) is 21.5. The maximum absolute atomic E-state index is 14.0. The zero-order valence-corrected chi connectivity index (χ0v) is 24.6. The molecule has 0 spiro atoms. The van der Waals surface area contributed by atoms with Gasteiger partial charge in [-0.1, -0.05) is 18.2 Å². The summed E-state index contributed by atoms with van der Waals surface area (Å²) < 4.78 is 46.3. The first kappa shape index (κ1) is 28.6. The minimum Gasteiger partial charge on any atom is -0.454 e. The number of aromatic nitrogens is 3. The number of piperidine rings is 1. The molecule has 43 heavy (non-hydrogen) atoms. The number of aliphatic imine (C=N–C) groups is 1. The summed E-state index contributed by atoms with van der Waals surface area (Å²) in [5.41, 5.74) is 9.38. The SMILES string of the molecule is Cc1cc(Oc2ccccc2F)ccc1-n1ncc(C(=O)c2cc3c([nH]2)=CC(=NC2CCN(S(C)(=O)=O)CC2)CC=3)c1N. The summed E-state index contributed by atoms with van der Waals surface area (Å²) in [5, 5.41) is 6.07. The standard InChI is InChI=1S/C31H31FN6O4S/c1-19-15-23(42-29-6-4-3-5-25(29)32)9-10-28(19)38-31(33)24(18-34-38)30(39)27-16-20-7-8-22(17-26(20)36-27)35-21-11-13-37(14-12-21)43(2,40)41/h3-7,9-10,15-18,21,36H,8,11-14,33H2,1-2H3. The van der Waals surface area contributed by atoms with Crippen molar-refractivity contribution in [2.24, 2.45) is 4.99 Å². The minimum absolute atomic E-state index is 0.0597. The number of ether oxygens (including phenoxy) is 1.